The Balaban J connectivity index is 1.45. The molecule has 0 saturated heterocycles. The van der Waals surface area contributed by atoms with Crippen molar-refractivity contribution >= 4 is 17.7 Å². The van der Waals surface area contributed by atoms with E-state index in [0.717, 1.165) is 0 Å². The summed E-state index contributed by atoms with van der Waals surface area (Å²) in [6.07, 6.45) is 4.14. The Morgan fingerprint density at radius 1 is 1.27 bits per heavy atom. The SMILES string of the molecule is COC(=O)c1ccc(NC(=O)CCCc2nc(-c3ccco3)no2)nc1. The van der Waals surface area contributed by atoms with Crippen molar-refractivity contribution in [1.82, 2.24) is 15.1 Å². The van der Waals surface area contributed by atoms with Gasteiger partial charge >= 0.3 is 5.97 Å². The van der Waals surface area contributed by atoms with Crippen LogP contribution >= 0.6 is 0 Å². The van der Waals surface area contributed by atoms with E-state index in [1.165, 1.54) is 31.7 Å². The quantitative estimate of drug-likeness (QED) is 0.641. The van der Waals surface area contributed by atoms with Gasteiger partial charge in [-0.25, -0.2) is 9.78 Å². The molecule has 0 unspecified atom stereocenters. The number of methoxy groups -OCH3 is 1. The lowest BCUT2D eigenvalue weighted by Crippen LogP contribution is -2.13. The first-order valence-corrected chi connectivity index (χ1v) is 7.86. The number of anilines is 1. The second-order valence-corrected chi connectivity index (χ2v) is 5.31. The molecule has 134 valence electrons. The van der Waals surface area contributed by atoms with E-state index >= 15 is 0 Å². The number of aryl methyl sites for hydroxylation is 1. The fraction of sp³-hybridized carbons (Fsp3) is 0.235. The minimum absolute atomic E-state index is 0.200. The van der Waals surface area contributed by atoms with Crippen molar-refractivity contribution in [1.29, 1.82) is 0 Å². The van der Waals surface area contributed by atoms with Gasteiger partial charge in [-0.05, 0) is 30.7 Å². The molecule has 0 radical (unpaired) electrons. The first-order valence-electron chi connectivity index (χ1n) is 7.86. The predicted octanol–water partition coefficient (Wildman–Crippen LogP) is 2.47. The fourth-order valence-corrected chi connectivity index (χ4v) is 2.17. The number of nitrogens with one attached hydrogen (secondary N) is 1. The largest absolute Gasteiger partial charge is 0.465 e. The molecule has 1 amide bonds. The highest BCUT2D eigenvalue weighted by molar-refractivity contribution is 5.91. The number of hydrogen-bond donors (Lipinski definition) is 1. The van der Waals surface area contributed by atoms with Gasteiger partial charge in [-0.3, -0.25) is 4.79 Å². The summed E-state index contributed by atoms with van der Waals surface area (Å²) in [5.41, 5.74) is 0.314. The lowest BCUT2D eigenvalue weighted by molar-refractivity contribution is -0.116. The van der Waals surface area contributed by atoms with Gasteiger partial charge in [0.25, 0.3) is 0 Å². The molecular formula is C17H16N4O5. The topological polar surface area (TPSA) is 120 Å². The van der Waals surface area contributed by atoms with Crippen molar-refractivity contribution < 1.29 is 23.3 Å². The minimum Gasteiger partial charge on any atom is -0.465 e. The molecule has 26 heavy (non-hydrogen) atoms. The molecule has 0 aliphatic carbocycles. The molecule has 0 saturated carbocycles. The molecule has 3 aromatic rings. The molecule has 0 atom stereocenters. The van der Waals surface area contributed by atoms with Crippen LogP contribution in [0.4, 0.5) is 5.82 Å². The number of amides is 1. The van der Waals surface area contributed by atoms with Crippen LogP contribution in [0.3, 0.4) is 0 Å². The summed E-state index contributed by atoms with van der Waals surface area (Å²) in [4.78, 5) is 31.5. The van der Waals surface area contributed by atoms with Crippen molar-refractivity contribution in [3.63, 3.8) is 0 Å². The van der Waals surface area contributed by atoms with E-state index < -0.39 is 5.97 Å². The van der Waals surface area contributed by atoms with Gasteiger partial charge in [-0.2, -0.15) is 4.98 Å². The van der Waals surface area contributed by atoms with Gasteiger partial charge < -0.3 is 19.0 Å². The maximum atomic E-state index is 11.9. The molecule has 0 aromatic carbocycles. The summed E-state index contributed by atoms with van der Waals surface area (Å²) in [5.74, 6) is 1.02. The summed E-state index contributed by atoms with van der Waals surface area (Å²) in [5, 5.41) is 6.48. The average molecular weight is 356 g/mol. The number of nitrogens with zero attached hydrogens (tertiary/aromatic N) is 3. The number of ether oxygens (including phenoxy) is 1. The average Bonchev–Trinajstić information content (AvgIpc) is 3.33. The van der Waals surface area contributed by atoms with Crippen LogP contribution in [-0.4, -0.2) is 34.1 Å². The van der Waals surface area contributed by atoms with Gasteiger partial charge in [0.1, 0.15) is 5.82 Å². The van der Waals surface area contributed by atoms with Crippen molar-refractivity contribution in [3.8, 4) is 11.6 Å². The number of carbonyl (C=O) groups is 2. The minimum atomic E-state index is -0.483. The zero-order valence-electron chi connectivity index (χ0n) is 14.0. The fourth-order valence-electron chi connectivity index (χ4n) is 2.17. The summed E-state index contributed by atoms with van der Waals surface area (Å²) >= 11 is 0. The van der Waals surface area contributed by atoms with Gasteiger partial charge in [0.15, 0.2) is 5.76 Å². The standard InChI is InChI=1S/C17H16N4O5/c1-24-17(23)11-7-8-13(18-10-11)19-14(22)5-2-6-15-20-16(21-26-15)12-4-3-9-25-12/h3-4,7-10H,2,5-6H2,1H3,(H,18,19,22). The van der Waals surface area contributed by atoms with Crippen LogP contribution in [0.15, 0.2) is 45.7 Å². The second kappa shape index (κ2) is 8.06. The van der Waals surface area contributed by atoms with Crippen molar-refractivity contribution in [3.05, 3.63) is 48.2 Å². The van der Waals surface area contributed by atoms with Crippen LogP contribution in [0, 0.1) is 0 Å². The van der Waals surface area contributed by atoms with E-state index in [4.69, 9.17) is 8.94 Å². The maximum Gasteiger partial charge on any atom is 0.339 e. The molecule has 0 fully saturated rings. The lowest BCUT2D eigenvalue weighted by atomic mass is 10.2. The summed E-state index contributed by atoms with van der Waals surface area (Å²) in [7, 11) is 1.29. The molecule has 9 heteroatoms. The van der Waals surface area contributed by atoms with E-state index in [-0.39, 0.29) is 12.3 Å². The van der Waals surface area contributed by atoms with Crippen LogP contribution in [-0.2, 0) is 16.0 Å². The van der Waals surface area contributed by atoms with Crippen LogP contribution in [0.1, 0.15) is 29.1 Å². The third-order valence-corrected chi connectivity index (χ3v) is 3.46. The number of rotatable bonds is 7. The highest BCUT2D eigenvalue weighted by atomic mass is 16.5. The van der Waals surface area contributed by atoms with Gasteiger partial charge in [-0.15, -0.1) is 0 Å². The van der Waals surface area contributed by atoms with Crippen molar-refractivity contribution in [2.75, 3.05) is 12.4 Å². The van der Waals surface area contributed by atoms with E-state index in [2.05, 4.69) is 25.2 Å². The molecule has 0 aliphatic rings. The smallest absolute Gasteiger partial charge is 0.339 e. The summed E-state index contributed by atoms with van der Waals surface area (Å²) in [6.45, 7) is 0. The highest BCUT2D eigenvalue weighted by Crippen LogP contribution is 2.16. The number of esters is 1. The molecule has 0 spiro atoms. The van der Waals surface area contributed by atoms with E-state index in [0.29, 0.717) is 41.7 Å². The summed E-state index contributed by atoms with van der Waals surface area (Å²) < 4.78 is 14.9. The number of carbonyl (C=O) groups excluding carboxylic acids is 2. The van der Waals surface area contributed by atoms with Crippen LogP contribution in [0.25, 0.3) is 11.6 Å². The molecule has 1 N–H and O–H groups in total. The van der Waals surface area contributed by atoms with Crippen molar-refractivity contribution in [2.24, 2.45) is 0 Å². The highest BCUT2D eigenvalue weighted by Gasteiger charge is 2.12. The summed E-state index contributed by atoms with van der Waals surface area (Å²) in [6, 6.07) is 6.54. The Kier molecular flexibility index (Phi) is 5.37. The van der Waals surface area contributed by atoms with Crippen LogP contribution in [0.5, 0.6) is 0 Å². The number of aromatic nitrogens is 3. The zero-order valence-corrected chi connectivity index (χ0v) is 14.0. The molecule has 0 aliphatic heterocycles. The second-order valence-electron chi connectivity index (χ2n) is 5.31. The Labute approximate surface area is 148 Å². The van der Waals surface area contributed by atoms with Gasteiger partial charge in [0.05, 0.1) is 18.9 Å². The van der Waals surface area contributed by atoms with Crippen molar-refractivity contribution in [2.45, 2.75) is 19.3 Å². The third-order valence-electron chi connectivity index (χ3n) is 3.46. The molecule has 3 aromatic heterocycles. The molecule has 9 nitrogen and oxygen atoms in total. The van der Waals surface area contributed by atoms with E-state index in [1.54, 1.807) is 12.1 Å². The third kappa shape index (κ3) is 4.32. The zero-order chi connectivity index (χ0) is 18.4. The number of furan rings is 1. The Morgan fingerprint density at radius 2 is 2.15 bits per heavy atom. The van der Waals surface area contributed by atoms with Crippen LogP contribution < -0.4 is 5.32 Å². The number of hydrogen-bond acceptors (Lipinski definition) is 8. The van der Waals surface area contributed by atoms with Gasteiger partial charge in [-0.1, -0.05) is 5.16 Å². The number of pyridine rings is 1. The molecule has 3 rings (SSSR count). The van der Waals surface area contributed by atoms with E-state index in [9.17, 15) is 9.59 Å². The predicted molar refractivity (Wildman–Crippen MR) is 89.1 cm³/mol. The monoisotopic (exact) mass is 356 g/mol. The van der Waals surface area contributed by atoms with Crippen LogP contribution in [0.2, 0.25) is 0 Å². The Morgan fingerprint density at radius 3 is 2.85 bits per heavy atom. The first-order chi connectivity index (χ1) is 12.7. The van der Waals surface area contributed by atoms with Gasteiger partial charge in [0.2, 0.25) is 17.6 Å². The Bertz CT molecular complexity index is 871. The normalized spacial score (nSPS) is 10.5. The van der Waals surface area contributed by atoms with Gasteiger partial charge in [0, 0.05) is 19.0 Å². The maximum absolute atomic E-state index is 11.9. The van der Waals surface area contributed by atoms with E-state index in [1.807, 2.05) is 0 Å². The lowest BCUT2D eigenvalue weighted by Gasteiger charge is -2.04. The molecule has 0 bridgehead atoms. The first kappa shape index (κ1) is 17.3. The molecular weight excluding hydrogens is 340 g/mol. The molecule has 3 heterocycles. The Hall–Kier alpha value is -3.49.